The van der Waals surface area contributed by atoms with E-state index in [1.165, 1.54) is 6.33 Å². The van der Waals surface area contributed by atoms with Crippen LogP contribution in [0.3, 0.4) is 0 Å². The van der Waals surface area contributed by atoms with Gasteiger partial charge in [0.25, 0.3) is 0 Å². The van der Waals surface area contributed by atoms with Crippen LogP contribution >= 0.6 is 0 Å². The maximum Gasteiger partial charge on any atom is 0.228 e. The zero-order valence-electron chi connectivity index (χ0n) is 18.7. The molecule has 32 heavy (non-hydrogen) atoms. The molecule has 0 radical (unpaired) electrons. The number of fused-ring (bicyclic) bond motifs is 1. The van der Waals surface area contributed by atoms with Gasteiger partial charge in [-0.25, -0.2) is 15.0 Å². The van der Waals surface area contributed by atoms with Crippen molar-refractivity contribution in [2.75, 3.05) is 10.6 Å². The second-order valence-electron chi connectivity index (χ2n) is 8.44. The SMILES string of the molecule is CC(C)C[C@@H](O)Nc1nc(Nc2cccc(-c3cncnc3)c2)c2ncn(C(C)C)c2n1. The number of rotatable bonds is 8. The van der Waals surface area contributed by atoms with Crippen LogP contribution in [0.5, 0.6) is 0 Å². The lowest BCUT2D eigenvalue weighted by molar-refractivity contribution is 0.175. The highest BCUT2D eigenvalue weighted by atomic mass is 16.3. The summed E-state index contributed by atoms with van der Waals surface area (Å²) in [5.74, 6) is 1.25. The van der Waals surface area contributed by atoms with Crippen molar-refractivity contribution in [3.63, 3.8) is 0 Å². The quantitative estimate of drug-likeness (QED) is 0.351. The van der Waals surface area contributed by atoms with E-state index in [-0.39, 0.29) is 6.04 Å². The highest BCUT2D eigenvalue weighted by Gasteiger charge is 2.17. The summed E-state index contributed by atoms with van der Waals surface area (Å²) in [5, 5.41) is 16.8. The second kappa shape index (κ2) is 9.27. The van der Waals surface area contributed by atoms with Gasteiger partial charge in [0.15, 0.2) is 17.0 Å². The van der Waals surface area contributed by atoms with Gasteiger partial charge in [-0.15, -0.1) is 0 Å². The highest BCUT2D eigenvalue weighted by Crippen LogP contribution is 2.28. The number of anilines is 3. The van der Waals surface area contributed by atoms with Gasteiger partial charge in [0, 0.05) is 29.7 Å². The van der Waals surface area contributed by atoms with Crippen molar-refractivity contribution in [2.24, 2.45) is 5.92 Å². The molecule has 3 aromatic heterocycles. The van der Waals surface area contributed by atoms with E-state index in [1.54, 1.807) is 18.7 Å². The Morgan fingerprint density at radius 1 is 1.03 bits per heavy atom. The van der Waals surface area contributed by atoms with Crippen LogP contribution in [0.2, 0.25) is 0 Å². The van der Waals surface area contributed by atoms with E-state index >= 15 is 0 Å². The predicted molar refractivity (Wildman–Crippen MR) is 126 cm³/mol. The highest BCUT2D eigenvalue weighted by molar-refractivity contribution is 5.87. The maximum absolute atomic E-state index is 10.4. The van der Waals surface area contributed by atoms with Crippen molar-refractivity contribution in [3.05, 3.63) is 49.3 Å². The topological polar surface area (TPSA) is 114 Å². The van der Waals surface area contributed by atoms with Crippen LogP contribution in [0.15, 0.2) is 49.3 Å². The normalized spacial score (nSPS) is 12.5. The van der Waals surface area contributed by atoms with E-state index in [1.807, 2.05) is 28.8 Å². The molecule has 0 aliphatic heterocycles. The molecule has 0 aliphatic carbocycles. The van der Waals surface area contributed by atoms with Crippen molar-refractivity contribution in [2.45, 2.75) is 46.4 Å². The van der Waals surface area contributed by atoms with Crippen LogP contribution in [-0.2, 0) is 0 Å². The number of hydrogen-bond donors (Lipinski definition) is 3. The van der Waals surface area contributed by atoms with Crippen LogP contribution in [0.4, 0.5) is 17.5 Å². The molecule has 0 bridgehead atoms. The fourth-order valence-electron chi connectivity index (χ4n) is 3.46. The lowest BCUT2D eigenvalue weighted by atomic mass is 10.1. The molecule has 3 N–H and O–H groups in total. The monoisotopic (exact) mass is 432 g/mol. The zero-order chi connectivity index (χ0) is 22.7. The second-order valence-corrected chi connectivity index (χ2v) is 8.44. The number of aliphatic hydroxyl groups is 1. The molecule has 0 spiro atoms. The average molecular weight is 433 g/mol. The molecule has 9 nitrogen and oxygen atoms in total. The fraction of sp³-hybridized carbons (Fsp3) is 0.348. The molecule has 0 fully saturated rings. The summed E-state index contributed by atoms with van der Waals surface area (Å²) in [6, 6.07) is 8.11. The Bertz CT molecular complexity index is 1190. The van der Waals surface area contributed by atoms with Crippen molar-refractivity contribution >= 4 is 28.6 Å². The molecule has 1 atom stereocenters. The molecular weight excluding hydrogens is 404 g/mol. The van der Waals surface area contributed by atoms with Gasteiger partial charge < -0.3 is 20.3 Å². The van der Waals surface area contributed by atoms with Crippen LogP contribution in [0.1, 0.15) is 40.2 Å². The summed E-state index contributed by atoms with van der Waals surface area (Å²) in [4.78, 5) is 22.0. The van der Waals surface area contributed by atoms with Crippen LogP contribution in [0, 0.1) is 5.92 Å². The van der Waals surface area contributed by atoms with E-state index in [0.717, 1.165) is 16.8 Å². The number of nitrogens with zero attached hydrogens (tertiary/aromatic N) is 6. The molecule has 3 heterocycles. The molecule has 0 saturated heterocycles. The van der Waals surface area contributed by atoms with E-state index in [0.29, 0.717) is 35.3 Å². The van der Waals surface area contributed by atoms with Gasteiger partial charge in [-0.1, -0.05) is 26.0 Å². The molecule has 0 saturated carbocycles. The Labute approximate surface area is 187 Å². The van der Waals surface area contributed by atoms with Crippen LogP contribution in [-0.4, -0.2) is 40.8 Å². The summed E-state index contributed by atoms with van der Waals surface area (Å²) in [6.45, 7) is 8.26. The molecular formula is C23H28N8O. The maximum atomic E-state index is 10.4. The first-order chi connectivity index (χ1) is 15.4. The van der Waals surface area contributed by atoms with Crippen LogP contribution in [0.25, 0.3) is 22.3 Å². The Hall–Kier alpha value is -3.59. The smallest absolute Gasteiger partial charge is 0.228 e. The molecule has 166 valence electrons. The van der Waals surface area contributed by atoms with Gasteiger partial charge >= 0.3 is 0 Å². The first-order valence-corrected chi connectivity index (χ1v) is 10.7. The number of benzene rings is 1. The fourth-order valence-corrected chi connectivity index (χ4v) is 3.46. The summed E-state index contributed by atoms with van der Waals surface area (Å²) in [5.41, 5.74) is 4.12. The Morgan fingerprint density at radius 3 is 2.53 bits per heavy atom. The minimum atomic E-state index is -0.739. The summed E-state index contributed by atoms with van der Waals surface area (Å²) in [6.07, 6.45) is 6.68. The van der Waals surface area contributed by atoms with Gasteiger partial charge in [-0.2, -0.15) is 9.97 Å². The van der Waals surface area contributed by atoms with Gasteiger partial charge in [-0.05, 0) is 43.9 Å². The third kappa shape index (κ3) is 4.83. The van der Waals surface area contributed by atoms with Gasteiger partial charge in [-0.3, -0.25) is 0 Å². The molecule has 4 rings (SSSR count). The van der Waals surface area contributed by atoms with E-state index < -0.39 is 6.23 Å². The van der Waals surface area contributed by atoms with E-state index in [4.69, 9.17) is 0 Å². The minimum Gasteiger partial charge on any atom is -0.374 e. The Morgan fingerprint density at radius 2 is 1.81 bits per heavy atom. The molecule has 4 aromatic rings. The van der Waals surface area contributed by atoms with Crippen molar-refractivity contribution < 1.29 is 5.11 Å². The Kier molecular flexibility index (Phi) is 6.27. The number of hydrogen-bond acceptors (Lipinski definition) is 8. The van der Waals surface area contributed by atoms with Crippen molar-refractivity contribution in [1.82, 2.24) is 29.5 Å². The standard InChI is InChI=1S/C23H28N8O/c1-14(2)8-19(32)28-23-29-21(20-22(30-23)31(13-26-20)15(3)4)27-18-7-5-6-16(9-18)17-10-24-12-25-11-17/h5-7,9-15,19,32H,8H2,1-4H3,(H2,27,28,29,30)/t19-/m1/s1. The average Bonchev–Trinajstić information content (AvgIpc) is 3.18. The minimum absolute atomic E-state index is 0.178. The third-order valence-corrected chi connectivity index (χ3v) is 4.99. The van der Waals surface area contributed by atoms with E-state index in [2.05, 4.69) is 63.2 Å². The van der Waals surface area contributed by atoms with E-state index in [9.17, 15) is 5.11 Å². The number of nitrogens with one attached hydrogen (secondary N) is 2. The largest absolute Gasteiger partial charge is 0.374 e. The number of aliphatic hydroxyl groups excluding tert-OH is 1. The van der Waals surface area contributed by atoms with Crippen LogP contribution < -0.4 is 10.6 Å². The lowest BCUT2D eigenvalue weighted by Gasteiger charge is -2.16. The molecule has 9 heteroatoms. The summed E-state index contributed by atoms with van der Waals surface area (Å²) >= 11 is 0. The van der Waals surface area contributed by atoms with Crippen molar-refractivity contribution in [1.29, 1.82) is 0 Å². The number of imidazole rings is 1. The first kappa shape index (κ1) is 21.6. The molecule has 0 amide bonds. The van der Waals surface area contributed by atoms with Gasteiger partial charge in [0.05, 0.1) is 6.33 Å². The number of aromatic nitrogens is 6. The molecule has 1 aromatic carbocycles. The van der Waals surface area contributed by atoms with Crippen molar-refractivity contribution in [3.8, 4) is 11.1 Å². The lowest BCUT2D eigenvalue weighted by Crippen LogP contribution is -2.22. The van der Waals surface area contributed by atoms with Gasteiger partial charge in [0.1, 0.15) is 12.6 Å². The third-order valence-electron chi connectivity index (χ3n) is 4.99. The van der Waals surface area contributed by atoms with Gasteiger partial charge in [0.2, 0.25) is 5.95 Å². The molecule has 0 aliphatic rings. The first-order valence-electron chi connectivity index (χ1n) is 10.7. The Balaban J connectivity index is 1.71. The summed E-state index contributed by atoms with van der Waals surface area (Å²) < 4.78 is 1.99. The molecule has 0 unspecified atom stereocenters. The zero-order valence-corrected chi connectivity index (χ0v) is 18.7. The summed E-state index contributed by atoms with van der Waals surface area (Å²) in [7, 11) is 0. The predicted octanol–water partition coefficient (Wildman–Crippen LogP) is 4.38.